The maximum absolute atomic E-state index is 13.2. The monoisotopic (exact) mass is 517 g/mol. The van der Waals surface area contributed by atoms with E-state index in [9.17, 15) is 13.2 Å². The maximum atomic E-state index is 13.2. The van der Waals surface area contributed by atoms with E-state index < -0.39 is 22.4 Å². The molecule has 0 aromatic heterocycles. The summed E-state index contributed by atoms with van der Waals surface area (Å²) in [7, 11) is -2.35. The van der Waals surface area contributed by atoms with Gasteiger partial charge in [-0.2, -0.15) is 8.42 Å². The number of methoxy groups -OCH3 is 1. The van der Waals surface area contributed by atoms with Crippen molar-refractivity contribution in [1.82, 2.24) is 4.90 Å². The van der Waals surface area contributed by atoms with Gasteiger partial charge in [0.15, 0.2) is 6.23 Å². The number of amides is 1. The fourth-order valence-electron chi connectivity index (χ4n) is 4.36. The van der Waals surface area contributed by atoms with E-state index in [-0.39, 0.29) is 11.8 Å². The summed E-state index contributed by atoms with van der Waals surface area (Å²) in [4.78, 5) is 14.7. The van der Waals surface area contributed by atoms with Gasteiger partial charge >= 0.3 is 0 Å². The average Bonchev–Trinajstić information content (AvgIpc) is 2.79. The van der Waals surface area contributed by atoms with Crippen LogP contribution in [0.4, 0.5) is 0 Å². The molecule has 1 aliphatic rings. The van der Waals surface area contributed by atoms with Crippen LogP contribution in [-0.2, 0) is 19.0 Å². The lowest BCUT2D eigenvalue weighted by Gasteiger charge is -2.44. The maximum Gasteiger partial charge on any atom is 0.264 e. The molecule has 1 heterocycles. The minimum atomic E-state index is -3.81. The lowest BCUT2D eigenvalue weighted by atomic mass is 9.84. The van der Waals surface area contributed by atoms with E-state index >= 15 is 0 Å². The Morgan fingerprint density at radius 3 is 2.41 bits per heavy atom. The second-order valence-corrected chi connectivity index (χ2v) is 10.2. The van der Waals surface area contributed by atoms with Gasteiger partial charge in [0.1, 0.15) is 6.10 Å². The summed E-state index contributed by atoms with van der Waals surface area (Å²) in [5.41, 5.74) is 1.43. The van der Waals surface area contributed by atoms with Crippen LogP contribution in [0, 0.1) is 0 Å². The predicted molar refractivity (Wildman–Crippen MR) is 127 cm³/mol. The zero-order chi connectivity index (χ0) is 22.9. The average molecular weight is 518 g/mol. The van der Waals surface area contributed by atoms with Crippen LogP contribution in [-0.4, -0.2) is 51.5 Å². The third kappa shape index (κ3) is 4.59. The first-order chi connectivity index (χ1) is 15.3. The molecule has 6 nitrogen and oxygen atoms in total. The molecule has 168 valence electrons. The quantitative estimate of drug-likeness (QED) is 0.464. The molecule has 3 unspecified atom stereocenters. The second kappa shape index (κ2) is 9.31. The number of ether oxygens (including phenoxy) is 1. The van der Waals surface area contributed by atoms with Crippen molar-refractivity contribution in [3.8, 4) is 0 Å². The van der Waals surface area contributed by atoms with E-state index in [2.05, 4.69) is 15.9 Å². The van der Waals surface area contributed by atoms with Crippen LogP contribution in [0.5, 0.6) is 0 Å². The number of hydrogen-bond acceptors (Lipinski definition) is 5. The molecule has 8 heteroatoms. The summed E-state index contributed by atoms with van der Waals surface area (Å²) < 4.78 is 36.5. The number of piperidine rings is 1. The molecule has 0 radical (unpaired) electrons. The van der Waals surface area contributed by atoms with Gasteiger partial charge in [-0.3, -0.25) is 8.98 Å². The SMILES string of the molecule is COC1C(OS(C)(=O)=O)C(c2ccc3ccccc3c2Br)CCN1C(=O)c1ccccc1. The van der Waals surface area contributed by atoms with E-state index in [1.165, 1.54) is 7.11 Å². The van der Waals surface area contributed by atoms with Gasteiger partial charge in [0, 0.05) is 29.6 Å². The Hall–Kier alpha value is -2.26. The summed E-state index contributed by atoms with van der Waals surface area (Å²) in [5, 5.41) is 2.10. The molecular weight excluding hydrogens is 494 g/mol. The zero-order valence-corrected chi connectivity index (χ0v) is 20.2. The zero-order valence-electron chi connectivity index (χ0n) is 17.8. The van der Waals surface area contributed by atoms with Crippen LogP contribution in [0.1, 0.15) is 28.3 Å². The van der Waals surface area contributed by atoms with E-state index in [1.807, 2.05) is 42.5 Å². The Balaban J connectivity index is 1.76. The molecule has 3 aromatic carbocycles. The number of rotatable bonds is 5. The number of carbonyl (C=O) groups excluding carboxylic acids is 1. The van der Waals surface area contributed by atoms with Crippen molar-refractivity contribution in [3.05, 3.63) is 82.3 Å². The number of hydrogen-bond donors (Lipinski definition) is 0. The van der Waals surface area contributed by atoms with Crippen molar-refractivity contribution in [3.63, 3.8) is 0 Å². The van der Waals surface area contributed by atoms with E-state index in [1.54, 1.807) is 29.2 Å². The van der Waals surface area contributed by atoms with Crippen molar-refractivity contribution >= 4 is 42.7 Å². The molecule has 3 aromatic rings. The number of halogens is 1. The van der Waals surface area contributed by atoms with Crippen molar-refractivity contribution in [2.24, 2.45) is 0 Å². The molecule has 32 heavy (non-hydrogen) atoms. The van der Waals surface area contributed by atoms with Crippen LogP contribution < -0.4 is 0 Å². The first-order valence-corrected chi connectivity index (χ1v) is 12.9. The molecule has 0 spiro atoms. The van der Waals surface area contributed by atoms with Gasteiger partial charge in [-0.1, -0.05) is 54.6 Å². The van der Waals surface area contributed by atoms with Gasteiger partial charge in [0.2, 0.25) is 0 Å². The molecule has 4 rings (SSSR count). The topological polar surface area (TPSA) is 72.9 Å². The highest BCUT2D eigenvalue weighted by Crippen LogP contribution is 2.41. The van der Waals surface area contributed by atoms with E-state index in [0.29, 0.717) is 18.5 Å². The second-order valence-electron chi connectivity index (χ2n) is 7.84. The van der Waals surface area contributed by atoms with Gasteiger partial charge in [-0.25, -0.2) is 0 Å². The normalized spacial score (nSPS) is 21.6. The smallest absolute Gasteiger partial charge is 0.264 e. The summed E-state index contributed by atoms with van der Waals surface area (Å²) in [6.07, 6.45) is -0.219. The summed E-state index contributed by atoms with van der Waals surface area (Å²) in [5.74, 6) is -0.524. The molecule has 1 amide bonds. The van der Waals surface area contributed by atoms with Crippen molar-refractivity contribution in [2.75, 3.05) is 19.9 Å². The number of benzene rings is 3. The van der Waals surface area contributed by atoms with Crippen molar-refractivity contribution < 1.29 is 22.1 Å². The molecule has 3 atom stereocenters. The van der Waals surface area contributed by atoms with E-state index in [0.717, 1.165) is 27.1 Å². The molecule has 0 saturated carbocycles. The highest BCUT2D eigenvalue weighted by atomic mass is 79.9. The lowest BCUT2D eigenvalue weighted by Crippen LogP contribution is -2.56. The minimum Gasteiger partial charge on any atom is -0.359 e. The first kappa shape index (κ1) is 22.9. The van der Waals surface area contributed by atoms with Crippen LogP contribution in [0.25, 0.3) is 10.8 Å². The Kier molecular flexibility index (Phi) is 6.67. The molecule has 0 bridgehead atoms. The van der Waals surface area contributed by atoms with Crippen molar-refractivity contribution in [2.45, 2.75) is 24.7 Å². The number of carbonyl (C=O) groups is 1. The third-order valence-electron chi connectivity index (χ3n) is 5.77. The Labute approximate surface area is 196 Å². The fourth-order valence-corrected chi connectivity index (χ4v) is 5.78. The summed E-state index contributed by atoms with van der Waals surface area (Å²) in [6.45, 7) is 0.403. The van der Waals surface area contributed by atoms with E-state index in [4.69, 9.17) is 8.92 Å². The van der Waals surface area contributed by atoms with Crippen LogP contribution in [0.2, 0.25) is 0 Å². The number of nitrogens with zero attached hydrogens (tertiary/aromatic N) is 1. The highest BCUT2D eigenvalue weighted by molar-refractivity contribution is 9.10. The summed E-state index contributed by atoms with van der Waals surface area (Å²) in [6, 6.07) is 20.8. The van der Waals surface area contributed by atoms with Crippen LogP contribution >= 0.6 is 15.9 Å². The molecule has 1 fully saturated rings. The number of fused-ring (bicyclic) bond motifs is 1. The molecular formula is C24H24BrNO5S. The molecule has 0 aliphatic carbocycles. The Bertz CT molecular complexity index is 1230. The van der Waals surface area contributed by atoms with Gasteiger partial charge < -0.3 is 9.64 Å². The van der Waals surface area contributed by atoms with Gasteiger partial charge in [0.05, 0.1) is 6.26 Å². The fraction of sp³-hybridized carbons (Fsp3) is 0.292. The lowest BCUT2D eigenvalue weighted by molar-refractivity contribution is -0.108. The largest absolute Gasteiger partial charge is 0.359 e. The van der Waals surface area contributed by atoms with Crippen LogP contribution in [0.15, 0.2) is 71.2 Å². The first-order valence-electron chi connectivity index (χ1n) is 10.2. The Morgan fingerprint density at radius 2 is 1.72 bits per heavy atom. The highest BCUT2D eigenvalue weighted by Gasteiger charge is 2.44. The standard InChI is InChI=1S/C24H24BrNO5S/c1-30-24-22(31-32(2,28)29)20(14-15-26(24)23(27)17-9-4-3-5-10-17)19-13-12-16-8-6-7-11-18(16)21(19)25/h3-13,20,22,24H,14-15H2,1-2H3. The Morgan fingerprint density at radius 1 is 1.03 bits per heavy atom. The summed E-state index contributed by atoms with van der Waals surface area (Å²) >= 11 is 3.72. The predicted octanol–water partition coefficient (Wildman–Crippen LogP) is 4.55. The van der Waals surface area contributed by atoms with Crippen molar-refractivity contribution in [1.29, 1.82) is 0 Å². The molecule has 1 aliphatic heterocycles. The van der Waals surface area contributed by atoms with Crippen LogP contribution in [0.3, 0.4) is 0 Å². The van der Waals surface area contributed by atoms with Gasteiger partial charge in [-0.15, -0.1) is 0 Å². The number of likely N-dealkylation sites (tertiary alicyclic amines) is 1. The third-order valence-corrected chi connectivity index (χ3v) is 7.22. The minimum absolute atomic E-state index is 0.226. The van der Waals surface area contributed by atoms with Gasteiger partial charge in [-0.05, 0) is 50.8 Å². The van der Waals surface area contributed by atoms with Gasteiger partial charge in [0.25, 0.3) is 16.0 Å². The molecule has 1 saturated heterocycles. The molecule has 0 N–H and O–H groups in total.